The SMILES string of the molecule is CC(CN)CC1(c2cccs2)COC1. The van der Waals surface area contributed by atoms with E-state index in [2.05, 4.69) is 24.4 Å². The molecular weight excluding hydrogens is 194 g/mol. The Bertz CT molecular complexity index is 279. The van der Waals surface area contributed by atoms with Crippen molar-refractivity contribution < 1.29 is 4.74 Å². The van der Waals surface area contributed by atoms with Crippen molar-refractivity contribution in [3.63, 3.8) is 0 Å². The van der Waals surface area contributed by atoms with E-state index in [1.54, 1.807) is 0 Å². The van der Waals surface area contributed by atoms with Crippen molar-refractivity contribution in [3.8, 4) is 0 Å². The second kappa shape index (κ2) is 4.01. The number of rotatable bonds is 4. The lowest BCUT2D eigenvalue weighted by molar-refractivity contribution is -0.0683. The van der Waals surface area contributed by atoms with Gasteiger partial charge in [-0.25, -0.2) is 0 Å². The van der Waals surface area contributed by atoms with Gasteiger partial charge in [0.05, 0.1) is 18.6 Å². The van der Waals surface area contributed by atoms with Gasteiger partial charge >= 0.3 is 0 Å². The summed E-state index contributed by atoms with van der Waals surface area (Å²) >= 11 is 1.84. The normalized spacial score (nSPS) is 21.6. The average molecular weight is 211 g/mol. The van der Waals surface area contributed by atoms with Crippen LogP contribution in [0.1, 0.15) is 18.2 Å². The summed E-state index contributed by atoms with van der Waals surface area (Å²) in [6.07, 6.45) is 1.16. The lowest BCUT2D eigenvalue weighted by atomic mass is 9.77. The van der Waals surface area contributed by atoms with Crippen molar-refractivity contribution >= 4 is 11.3 Å². The predicted octanol–water partition coefficient (Wildman–Crippen LogP) is 2.00. The van der Waals surface area contributed by atoms with Crippen molar-refractivity contribution in [1.29, 1.82) is 0 Å². The molecule has 2 heterocycles. The molecule has 1 atom stereocenters. The van der Waals surface area contributed by atoms with Crippen molar-refractivity contribution in [2.75, 3.05) is 19.8 Å². The topological polar surface area (TPSA) is 35.2 Å². The van der Waals surface area contributed by atoms with Gasteiger partial charge in [-0.15, -0.1) is 11.3 Å². The Labute approximate surface area is 89.1 Å². The third-order valence-corrected chi connectivity index (χ3v) is 4.06. The van der Waals surface area contributed by atoms with Gasteiger partial charge in [-0.2, -0.15) is 0 Å². The van der Waals surface area contributed by atoms with Crippen LogP contribution in [0, 0.1) is 5.92 Å². The molecule has 1 aliphatic rings. The number of nitrogens with two attached hydrogens (primary N) is 1. The van der Waals surface area contributed by atoms with Gasteiger partial charge in [-0.1, -0.05) is 13.0 Å². The van der Waals surface area contributed by atoms with Gasteiger partial charge in [0.2, 0.25) is 0 Å². The summed E-state index contributed by atoms with van der Waals surface area (Å²) in [7, 11) is 0. The fourth-order valence-electron chi connectivity index (χ4n) is 2.04. The molecule has 0 aromatic carbocycles. The second-order valence-electron chi connectivity index (χ2n) is 4.30. The summed E-state index contributed by atoms with van der Waals surface area (Å²) in [5.74, 6) is 0.584. The number of hydrogen-bond acceptors (Lipinski definition) is 3. The van der Waals surface area contributed by atoms with E-state index in [0.717, 1.165) is 26.2 Å². The quantitative estimate of drug-likeness (QED) is 0.826. The Kier molecular flexibility index (Phi) is 2.91. The van der Waals surface area contributed by atoms with E-state index in [4.69, 9.17) is 10.5 Å². The Morgan fingerprint density at radius 2 is 2.43 bits per heavy atom. The monoisotopic (exact) mass is 211 g/mol. The standard InChI is InChI=1S/C11H17NOS/c1-9(6-12)5-11(7-13-8-11)10-3-2-4-14-10/h2-4,9H,5-8,12H2,1H3. The van der Waals surface area contributed by atoms with Crippen LogP contribution in [0.3, 0.4) is 0 Å². The van der Waals surface area contributed by atoms with E-state index in [-0.39, 0.29) is 5.41 Å². The second-order valence-corrected chi connectivity index (χ2v) is 5.24. The molecule has 0 aliphatic carbocycles. The molecule has 0 spiro atoms. The molecule has 0 radical (unpaired) electrons. The highest BCUT2D eigenvalue weighted by atomic mass is 32.1. The van der Waals surface area contributed by atoms with E-state index in [1.165, 1.54) is 4.88 Å². The molecule has 0 bridgehead atoms. The fourth-order valence-corrected chi connectivity index (χ4v) is 2.95. The molecule has 1 fully saturated rings. The average Bonchev–Trinajstić information content (AvgIpc) is 2.63. The molecule has 1 unspecified atom stereocenters. The molecule has 3 heteroatoms. The largest absolute Gasteiger partial charge is 0.379 e. The van der Waals surface area contributed by atoms with Crippen LogP contribution in [-0.2, 0) is 10.2 Å². The number of ether oxygens (including phenoxy) is 1. The molecule has 1 saturated heterocycles. The fraction of sp³-hybridized carbons (Fsp3) is 0.636. The van der Waals surface area contributed by atoms with Gasteiger partial charge in [0.25, 0.3) is 0 Å². The molecule has 0 amide bonds. The Balaban J connectivity index is 2.10. The summed E-state index contributed by atoms with van der Waals surface area (Å²) in [6, 6.07) is 4.34. The third kappa shape index (κ3) is 1.72. The number of hydrogen-bond donors (Lipinski definition) is 1. The van der Waals surface area contributed by atoms with Crippen LogP contribution < -0.4 is 5.73 Å². The molecule has 1 aromatic rings. The molecule has 1 aromatic heterocycles. The van der Waals surface area contributed by atoms with Crippen LogP contribution in [0.4, 0.5) is 0 Å². The summed E-state index contributed by atoms with van der Waals surface area (Å²) in [5.41, 5.74) is 5.96. The van der Waals surface area contributed by atoms with Crippen molar-refractivity contribution in [1.82, 2.24) is 0 Å². The first-order valence-electron chi connectivity index (χ1n) is 5.09. The summed E-state index contributed by atoms with van der Waals surface area (Å²) < 4.78 is 5.37. The lowest BCUT2D eigenvalue weighted by Crippen LogP contribution is -2.47. The highest BCUT2D eigenvalue weighted by Crippen LogP contribution is 2.40. The van der Waals surface area contributed by atoms with Crippen molar-refractivity contribution in [3.05, 3.63) is 22.4 Å². The first kappa shape index (κ1) is 10.1. The first-order valence-corrected chi connectivity index (χ1v) is 5.96. The Morgan fingerprint density at radius 1 is 1.64 bits per heavy atom. The van der Waals surface area contributed by atoms with Gasteiger partial charge in [-0.05, 0) is 30.3 Å². The Morgan fingerprint density at radius 3 is 2.86 bits per heavy atom. The zero-order valence-electron chi connectivity index (χ0n) is 8.53. The number of thiophene rings is 1. The van der Waals surface area contributed by atoms with Gasteiger partial charge < -0.3 is 10.5 Å². The maximum atomic E-state index is 5.67. The van der Waals surface area contributed by atoms with Crippen LogP contribution in [0.5, 0.6) is 0 Å². The highest BCUT2D eigenvalue weighted by molar-refractivity contribution is 7.10. The molecule has 78 valence electrons. The van der Waals surface area contributed by atoms with Gasteiger partial charge in [-0.3, -0.25) is 0 Å². The molecule has 1 aliphatic heterocycles. The highest BCUT2D eigenvalue weighted by Gasteiger charge is 2.41. The minimum absolute atomic E-state index is 0.285. The zero-order chi connectivity index (χ0) is 10.0. The van der Waals surface area contributed by atoms with Gasteiger partial charge in [0.15, 0.2) is 0 Å². The maximum Gasteiger partial charge on any atom is 0.0593 e. The van der Waals surface area contributed by atoms with Crippen LogP contribution >= 0.6 is 11.3 Å². The van der Waals surface area contributed by atoms with Gasteiger partial charge in [0.1, 0.15) is 0 Å². The van der Waals surface area contributed by atoms with E-state index in [0.29, 0.717) is 5.92 Å². The lowest BCUT2D eigenvalue weighted by Gasteiger charge is -2.42. The minimum atomic E-state index is 0.285. The van der Waals surface area contributed by atoms with E-state index < -0.39 is 0 Å². The van der Waals surface area contributed by atoms with Crippen molar-refractivity contribution in [2.24, 2.45) is 11.7 Å². The molecule has 2 nitrogen and oxygen atoms in total. The zero-order valence-corrected chi connectivity index (χ0v) is 9.35. The van der Waals surface area contributed by atoms with E-state index in [9.17, 15) is 0 Å². The molecule has 14 heavy (non-hydrogen) atoms. The third-order valence-electron chi connectivity index (χ3n) is 2.94. The van der Waals surface area contributed by atoms with Crippen molar-refractivity contribution in [2.45, 2.75) is 18.8 Å². The summed E-state index contributed by atoms with van der Waals surface area (Å²) in [4.78, 5) is 1.46. The molecule has 0 saturated carbocycles. The summed E-state index contributed by atoms with van der Waals surface area (Å²) in [5, 5.41) is 2.14. The maximum absolute atomic E-state index is 5.67. The molecule has 2 N–H and O–H groups in total. The van der Waals surface area contributed by atoms with Crippen LogP contribution in [-0.4, -0.2) is 19.8 Å². The van der Waals surface area contributed by atoms with E-state index >= 15 is 0 Å². The Hall–Kier alpha value is -0.380. The summed E-state index contributed by atoms with van der Waals surface area (Å²) in [6.45, 7) is 4.73. The first-order chi connectivity index (χ1) is 6.77. The molecular formula is C11H17NOS. The van der Waals surface area contributed by atoms with Crippen LogP contribution in [0.25, 0.3) is 0 Å². The van der Waals surface area contributed by atoms with Gasteiger partial charge in [0, 0.05) is 4.88 Å². The van der Waals surface area contributed by atoms with Crippen LogP contribution in [0.15, 0.2) is 17.5 Å². The predicted molar refractivity (Wildman–Crippen MR) is 59.7 cm³/mol. The van der Waals surface area contributed by atoms with E-state index in [1.807, 2.05) is 11.3 Å². The minimum Gasteiger partial charge on any atom is -0.379 e. The van der Waals surface area contributed by atoms with Crippen LogP contribution in [0.2, 0.25) is 0 Å². The smallest absolute Gasteiger partial charge is 0.0593 e. The molecule has 2 rings (SSSR count).